The molecular formula is C28H39NO7. The normalized spacial score (nSPS) is 42.4. The molecule has 0 amide bonds. The number of carbonyl (C=O) groups excluding carboxylic acids is 2. The third-order valence-electron chi connectivity index (χ3n) is 10.4. The average Bonchev–Trinajstić information content (AvgIpc) is 3.32. The summed E-state index contributed by atoms with van der Waals surface area (Å²) >= 11 is 0. The summed E-state index contributed by atoms with van der Waals surface area (Å²) in [6, 6.07) is 0. The topological polar surface area (TPSA) is 111 Å². The molecule has 5 aliphatic rings. The lowest BCUT2D eigenvalue weighted by Crippen LogP contribution is -2.58. The molecule has 0 aromatic carbocycles. The van der Waals surface area contributed by atoms with Gasteiger partial charge in [-0.05, 0) is 94.5 Å². The second-order valence-electron chi connectivity index (χ2n) is 12.4. The van der Waals surface area contributed by atoms with Gasteiger partial charge in [0.05, 0.1) is 17.7 Å². The minimum atomic E-state index is -1.06. The molecule has 1 spiro atoms. The van der Waals surface area contributed by atoms with Crippen LogP contribution in [0.1, 0.15) is 85.5 Å². The first-order valence-electron chi connectivity index (χ1n) is 13.5. The van der Waals surface area contributed by atoms with Crippen LogP contribution in [0.4, 0.5) is 0 Å². The minimum Gasteiger partial charge on any atom is -0.479 e. The van der Waals surface area contributed by atoms with Crippen LogP contribution in [-0.2, 0) is 28.7 Å². The van der Waals surface area contributed by atoms with Crippen LogP contribution < -0.4 is 0 Å². The lowest BCUT2D eigenvalue weighted by atomic mass is 9.44. The highest BCUT2D eigenvalue weighted by molar-refractivity contribution is 5.96. The number of hydrogen-bond donors (Lipinski definition) is 1. The molecule has 1 heterocycles. The average molecular weight is 502 g/mol. The summed E-state index contributed by atoms with van der Waals surface area (Å²) in [6.45, 7) is 7.95. The van der Waals surface area contributed by atoms with Crippen molar-refractivity contribution in [2.24, 2.45) is 39.7 Å². The fraction of sp³-hybridized carbons (Fsp3) is 0.786. The Hall–Kier alpha value is -2.38. The zero-order chi connectivity index (χ0) is 25.9. The predicted molar refractivity (Wildman–Crippen MR) is 131 cm³/mol. The summed E-state index contributed by atoms with van der Waals surface area (Å²) in [5, 5.41) is 12.9. The van der Waals surface area contributed by atoms with Crippen molar-refractivity contribution in [3.63, 3.8) is 0 Å². The predicted octanol–water partition coefficient (Wildman–Crippen LogP) is 4.66. The van der Waals surface area contributed by atoms with Gasteiger partial charge in [-0.1, -0.05) is 24.6 Å². The molecule has 4 fully saturated rings. The van der Waals surface area contributed by atoms with E-state index in [4.69, 9.17) is 19.4 Å². The van der Waals surface area contributed by atoms with Crippen LogP contribution in [0.3, 0.4) is 0 Å². The third kappa shape index (κ3) is 3.86. The van der Waals surface area contributed by atoms with Gasteiger partial charge in [0.2, 0.25) is 6.61 Å². The van der Waals surface area contributed by atoms with Gasteiger partial charge in [-0.3, -0.25) is 9.59 Å². The van der Waals surface area contributed by atoms with Gasteiger partial charge >= 0.3 is 17.9 Å². The number of carboxylic acid groups (broad SMARTS) is 1. The molecule has 5 rings (SSSR count). The fourth-order valence-corrected chi connectivity index (χ4v) is 8.67. The van der Waals surface area contributed by atoms with Crippen molar-refractivity contribution < 1.29 is 33.8 Å². The van der Waals surface area contributed by atoms with Crippen molar-refractivity contribution >= 4 is 23.6 Å². The maximum Gasteiger partial charge on any atom is 0.344 e. The van der Waals surface area contributed by atoms with Gasteiger partial charge in [0.1, 0.15) is 5.60 Å². The summed E-state index contributed by atoms with van der Waals surface area (Å²) in [7, 11) is 0. The van der Waals surface area contributed by atoms with E-state index in [0.717, 1.165) is 44.2 Å². The smallest absolute Gasteiger partial charge is 0.344 e. The molecule has 1 aliphatic heterocycles. The molecule has 8 heteroatoms. The fourth-order valence-electron chi connectivity index (χ4n) is 8.67. The number of rotatable bonds is 5. The van der Waals surface area contributed by atoms with Crippen LogP contribution in [0, 0.1) is 34.5 Å². The Balaban J connectivity index is 1.50. The molecule has 8 nitrogen and oxygen atoms in total. The van der Waals surface area contributed by atoms with Crippen LogP contribution in [0.5, 0.6) is 0 Å². The van der Waals surface area contributed by atoms with E-state index in [-0.39, 0.29) is 40.7 Å². The van der Waals surface area contributed by atoms with E-state index in [9.17, 15) is 14.4 Å². The Morgan fingerprint density at radius 3 is 2.56 bits per heavy atom. The number of oxime groups is 1. The summed E-state index contributed by atoms with van der Waals surface area (Å²) in [5.74, 6) is -0.724. The molecule has 4 aliphatic carbocycles. The number of allylic oxidation sites excluding steroid dienone is 2. The Bertz CT molecular complexity index is 1020. The zero-order valence-electron chi connectivity index (χ0n) is 21.9. The molecular weight excluding hydrogens is 462 g/mol. The van der Waals surface area contributed by atoms with Gasteiger partial charge in [0.25, 0.3) is 0 Å². The zero-order valence-corrected chi connectivity index (χ0v) is 21.9. The summed E-state index contributed by atoms with van der Waals surface area (Å²) in [6.07, 6.45) is 9.18. The molecule has 36 heavy (non-hydrogen) atoms. The highest BCUT2D eigenvalue weighted by Gasteiger charge is 2.69. The number of fused-ring (bicyclic) bond motifs is 6. The Morgan fingerprint density at radius 1 is 1.14 bits per heavy atom. The lowest BCUT2D eigenvalue weighted by Gasteiger charge is -2.60. The van der Waals surface area contributed by atoms with Gasteiger partial charge in [0.15, 0.2) is 0 Å². The first-order chi connectivity index (χ1) is 17.0. The largest absolute Gasteiger partial charge is 0.479 e. The van der Waals surface area contributed by atoms with E-state index in [1.807, 2.05) is 19.9 Å². The molecule has 198 valence electrons. The van der Waals surface area contributed by atoms with Crippen molar-refractivity contribution in [1.82, 2.24) is 0 Å². The summed E-state index contributed by atoms with van der Waals surface area (Å²) in [4.78, 5) is 41.6. The van der Waals surface area contributed by atoms with Crippen molar-refractivity contribution in [2.45, 2.75) is 97.2 Å². The van der Waals surface area contributed by atoms with Gasteiger partial charge in [0, 0.05) is 11.8 Å². The molecule has 7 atom stereocenters. The van der Waals surface area contributed by atoms with E-state index >= 15 is 0 Å². The van der Waals surface area contributed by atoms with E-state index in [2.05, 4.69) is 19.0 Å². The molecule has 0 bridgehead atoms. The second kappa shape index (κ2) is 8.88. The molecule has 0 aromatic heterocycles. The standard InChI is InChI=1S/C28H39NO7/c1-16(2)35-25(33)19-14-17-13-18(29-34-15-22(30)31)5-9-26(17,3)20-6-10-27(4)21(24(19)20)7-11-28(27)12-8-23(32)36-28/h13,16,19-21,24H,5-12,14-15H2,1-4H3,(H,30,31)/b29-18+/t19-,20?,21?,24?,26?,27?,28-/m1/s1. The number of hydrogen-bond acceptors (Lipinski definition) is 7. The first-order valence-corrected chi connectivity index (χ1v) is 13.5. The Kier molecular flexibility index (Phi) is 6.23. The maximum absolute atomic E-state index is 13.6. The van der Waals surface area contributed by atoms with Crippen LogP contribution in [0.15, 0.2) is 16.8 Å². The van der Waals surface area contributed by atoms with E-state index in [1.165, 1.54) is 5.57 Å². The third-order valence-corrected chi connectivity index (χ3v) is 10.4. The van der Waals surface area contributed by atoms with Crippen molar-refractivity contribution in [2.75, 3.05) is 6.61 Å². The molecule has 0 radical (unpaired) electrons. The van der Waals surface area contributed by atoms with E-state index in [1.54, 1.807) is 0 Å². The van der Waals surface area contributed by atoms with Gasteiger partial charge in [-0.25, -0.2) is 4.79 Å². The van der Waals surface area contributed by atoms with Crippen molar-refractivity contribution in [3.8, 4) is 0 Å². The van der Waals surface area contributed by atoms with Gasteiger partial charge < -0.3 is 19.4 Å². The van der Waals surface area contributed by atoms with Crippen molar-refractivity contribution in [3.05, 3.63) is 11.6 Å². The highest BCUT2D eigenvalue weighted by Crippen LogP contribution is 2.70. The molecule has 1 saturated heterocycles. The number of aliphatic carboxylic acids is 1. The summed E-state index contributed by atoms with van der Waals surface area (Å²) < 4.78 is 11.9. The monoisotopic (exact) mass is 501 g/mol. The Labute approximate surface area is 212 Å². The lowest BCUT2D eigenvalue weighted by molar-refractivity contribution is -0.179. The summed E-state index contributed by atoms with van der Waals surface area (Å²) in [5.41, 5.74) is 1.35. The quantitative estimate of drug-likeness (QED) is 0.431. The maximum atomic E-state index is 13.6. The number of nitrogens with zero attached hydrogens (tertiary/aromatic N) is 1. The number of carboxylic acids is 1. The van der Waals surface area contributed by atoms with Crippen molar-refractivity contribution in [1.29, 1.82) is 0 Å². The SMILES string of the molecule is CC(C)OC(=O)[C@@H]1CC2=C/C(=N/OCC(=O)O)CCC2(C)C2CCC3(C)C(CC[C@@]34CCC(=O)O4)C21. The number of esters is 2. The minimum absolute atomic E-state index is 0.0610. The molecule has 5 unspecified atom stereocenters. The van der Waals surface area contributed by atoms with Gasteiger partial charge in [-0.2, -0.15) is 0 Å². The van der Waals surface area contributed by atoms with Gasteiger partial charge in [-0.15, -0.1) is 0 Å². The van der Waals surface area contributed by atoms with E-state index < -0.39 is 18.2 Å². The molecule has 0 aromatic rings. The van der Waals surface area contributed by atoms with Crippen LogP contribution >= 0.6 is 0 Å². The van der Waals surface area contributed by atoms with E-state index in [0.29, 0.717) is 31.1 Å². The number of carbonyl (C=O) groups is 3. The Morgan fingerprint density at radius 2 is 1.89 bits per heavy atom. The second-order valence-corrected chi connectivity index (χ2v) is 12.4. The molecule has 1 N–H and O–H groups in total. The van der Waals surface area contributed by atoms with Crippen LogP contribution in [0.25, 0.3) is 0 Å². The molecule has 3 saturated carbocycles. The highest BCUT2D eigenvalue weighted by atomic mass is 16.6. The number of ether oxygens (including phenoxy) is 2. The van der Waals surface area contributed by atoms with Crippen LogP contribution in [-0.4, -0.2) is 47.0 Å². The first kappa shape index (κ1) is 25.3. The van der Waals surface area contributed by atoms with Crippen LogP contribution in [0.2, 0.25) is 0 Å².